The number of aryl methyl sites for hydroxylation is 1. The first kappa shape index (κ1) is 13.0. The zero-order valence-electron chi connectivity index (χ0n) is 11.9. The van der Waals surface area contributed by atoms with Gasteiger partial charge in [-0.05, 0) is 30.2 Å². The summed E-state index contributed by atoms with van der Waals surface area (Å²) >= 11 is 0. The number of hydrogen-bond acceptors (Lipinski definition) is 3. The van der Waals surface area contributed by atoms with E-state index < -0.39 is 0 Å². The van der Waals surface area contributed by atoms with E-state index in [1.165, 1.54) is 11.1 Å². The molecule has 1 aliphatic heterocycles. The van der Waals surface area contributed by atoms with E-state index in [0.29, 0.717) is 6.61 Å². The molecule has 2 aromatic rings. The molecule has 0 fully saturated rings. The summed E-state index contributed by atoms with van der Waals surface area (Å²) in [4.78, 5) is 0. The van der Waals surface area contributed by atoms with Gasteiger partial charge in [0, 0.05) is 18.7 Å². The fraction of sp³-hybridized carbons (Fsp3) is 0.294. The Kier molecular flexibility index (Phi) is 3.61. The Balaban J connectivity index is 2.08. The van der Waals surface area contributed by atoms with Gasteiger partial charge < -0.3 is 14.8 Å². The molecule has 0 amide bonds. The minimum atomic E-state index is 0.674. The maximum atomic E-state index is 5.79. The lowest BCUT2D eigenvalue weighted by Crippen LogP contribution is -2.16. The molecule has 3 nitrogen and oxygen atoms in total. The number of ether oxygens (including phenoxy) is 2. The molecule has 0 radical (unpaired) electrons. The van der Waals surface area contributed by atoms with Crippen LogP contribution in [0, 0.1) is 6.92 Å². The summed E-state index contributed by atoms with van der Waals surface area (Å²) in [6.07, 6.45) is 0. The van der Waals surface area contributed by atoms with Gasteiger partial charge in [-0.2, -0.15) is 0 Å². The summed E-state index contributed by atoms with van der Waals surface area (Å²) in [6.45, 7) is 4.44. The maximum absolute atomic E-state index is 5.79. The van der Waals surface area contributed by atoms with Gasteiger partial charge in [0.2, 0.25) is 0 Å². The van der Waals surface area contributed by atoms with E-state index in [1.54, 1.807) is 7.11 Å². The third-order valence-corrected chi connectivity index (χ3v) is 3.58. The van der Waals surface area contributed by atoms with Crippen molar-refractivity contribution in [3.05, 3.63) is 47.5 Å². The van der Waals surface area contributed by atoms with Crippen molar-refractivity contribution in [1.82, 2.24) is 5.32 Å². The molecule has 0 bridgehead atoms. The zero-order chi connectivity index (χ0) is 13.9. The molecule has 0 unspecified atom stereocenters. The second-order valence-electron chi connectivity index (χ2n) is 5.06. The number of methoxy groups -OCH3 is 1. The van der Waals surface area contributed by atoms with Crippen molar-refractivity contribution in [2.45, 2.75) is 13.5 Å². The summed E-state index contributed by atoms with van der Waals surface area (Å²) in [5, 5.41) is 3.36. The van der Waals surface area contributed by atoms with Crippen LogP contribution in [0.4, 0.5) is 0 Å². The van der Waals surface area contributed by atoms with Gasteiger partial charge in [0.05, 0.1) is 7.11 Å². The number of hydrogen-bond donors (Lipinski definition) is 1. The molecule has 1 N–H and O–H groups in total. The Morgan fingerprint density at radius 1 is 1.10 bits per heavy atom. The second-order valence-corrected chi connectivity index (χ2v) is 5.06. The van der Waals surface area contributed by atoms with Gasteiger partial charge in [-0.25, -0.2) is 0 Å². The van der Waals surface area contributed by atoms with Crippen molar-refractivity contribution in [2.75, 3.05) is 20.3 Å². The van der Waals surface area contributed by atoms with Crippen LogP contribution < -0.4 is 14.8 Å². The summed E-state index contributed by atoms with van der Waals surface area (Å²) in [5.41, 5.74) is 4.77. The van der Waals surface area contributed by atoms with E-state index in [0.717, 1.165) is 35.7 Å². The molecule has 0 spiro atoms. The highest BCUT2D eigenvalue weighted by atomic mass is 16.5. The van der Waals surface area contributed by atoms with Crippen LogP contribution in [0.1, 0.15) is 11.1 Å². The molecule has 0 saturated heterocycles. The number of fused-ring (bicyclic) bond motifs is 1. The van der Waals surface area contributed by atoms with Crippen LogP contribution in [0.3, 0.4) is 0 Å². The highest BCUT2D eigenvalue weighted by Crippen LogP contribution is 2.37. The van der Waals surface area contributed by atoms with Crippen molar-refractivity contribution in [2.24, 2.45) is 0 Å². The molecule has 1 aliphatic rings. The molecule has 104 valence electrons. The third kappa shape index (κ3) is 2.49. The van der Waals surface area contributed by atoms with Crippen molar-refractivity contribution >= 4 is 0 Å². The SMILES string of the molecule is COc1cc(-c2ccc(C)cc2)cc2c1OCCNC2. The van der Waals surface area contributed by atoms with Crippen LogP contribution in [0.2, 0.25) is 0 Å². The van der Waals surface area contributed by atoms with Gasteiger partial charge in [0.1, 0.15) is 6.61 Å². The van der Waals surface area contributed by atoms with Crippen LogP contribution in [0.15, 0.2) is 36.4 Å². The largest absolute Gasteiger partial charge is 0.493 e. The molecule has 20 heavy (non-hydrogen) atoms. The van der Waals surface area contributed by atoms with Crippen molar-refractivity contribution in [1.29, 1.82) is 0 Å². The van der Waals surface area contributed by atoms with Crippen LogP contribution >= 0.6 is 0 Å². The van der Waals surface area contributed by atoms with Crippen LogP contribution in [0.25, 0.3) is 11.1 Å². The highest BCUT2D eigenvalue weighted by molar-refractivity contribution is 5.69. The van der Waals surface area contributed by atoms with Crippen LogP contribution in [-0.2, 0) is 6.54 Å². The molecular weight excluding hydrogens is 250 g/mol. The van der Waals surface area contributed by atoms with Gasteiger partial charge in [0.25, 0.3) is 0 Å². The predicted octanol–water partition coefficient (Wildman–Crippen LogP) is 3.15. The summed E-state index contributed by atoms with van der Waals surface area (Å²) < 4.78 is 11.3. The minimum Gasteiger partial charge on any atom is -0.493 e. The topological polar surface area (TPSA) is 30.5 Å². The standard InChI is InChI=1S/C17H19NO2/c1-12-3-5-13(6-4-12)14-9-15-11-18-7-8-20-17(15)16(10-14)19-2/h3-6,9-10,18H,7-8,11H2,1-2H3. The maximum Gasteiger partial charge on any atom is 0.165 e. The lowest BCUT2D eigenvalue weighted by molar-refractivity contribution is 0.302. The monoisotopic (exact) mass is 269 g/mol. The van der Waals surface area contributed by atoms with Gasteiger partial charge in [-0.15, -0.1) is 0 Å². The van der Waals surface area contributed by atoms with Gasteiger partial charge >= 0.3 is 0 Å². The number of rotatable bonds is 2. The smallest absolute Gasteiger partial charge is 0.165 e. The number of benzene rings is 2. The summed E-state index contributed by atoms with van der Waals surface area (Å²) in [5.74, 6) is 1.68. The Morgan fingerprint density at radius 2 is 1.90 bits per heavy atom. The van der Waals surface area contributed by atoms with Crippen molar-refractivity contribution in [3.63, 3.8) is 0 Å². The number of nitrogens with one attached hydrogen (secondary N) is 1. The van der Waals surface area contributed by atoms with Gasteiger partial charge in [-0.3, -0.25) is 0 Å². The Morgan fingerprint density at radius 3 is 2.65 bits per heavy atom. The quantitative estimate of drug-likeness (QED) is 0.908. The molecule has 2 aromatic carbocycles. The lowest BCUT2D eigenvalue weighted by Gasteiger charge is -2.14. The van der Waals surface area contributed by atoms with Crippen molar-refractivity contribution < 1.29 is 9.47 Å². The predicted molar refractivity (Wildman–Crippen MR) is 80.4 cm³/mol. The molecule has 0 aromatic heterocycles. The minimum absolute atomic E-state index is 0.674. The van der Waals surface area contributed by atoms with Crippen molar-refractivity contribution in [3.8, 4) is 22.6 Å². The Labute approximate surface area is 119 Å². The summed E-state index contributed by atoms with van der Waals surface area (Å²) in [7, 11) is 1.69. The van der Waals surface area contributed by atoms with E-state index in [4.69, 9.17) is 9.47 Å². The molecule has 0 saturated carbocycles. The van der Waals surface area contributed by atoms with E-state index in [1.807, 2.05) is 0 Å². The Bertz CT molecular complexity index is 605. The zero-order valence-corrected chi connectivity index (χ0v) is 11.9. The Hall–Kier alpha value is -2.00. The summed E-state index contributed by atoms with van der Waals surface area (Å²) in [6, 6.07) is 12.8. The lowest BCUT2D eigenvalue weighted by atomic mass is 10.0. The fourth-order valence-electron chi connectivity index (χ4n) is 2.47. The first-order valence-electron chi connectivity index (χ1n) is 6.89. The van der Waals surface area contributed by atoms with Crippen LogP contribution in [-0.4, -0.2) is 20.3 Å². The molecule has 3 rings (SSSR count). The van der Waals surface area contributed by atoms with E-state index >= 15 is 0 Å². The van der Waals surface area contributed by atoms with Gasteiger partial charge in [-0.1, -0.05) is 29.8 Å². The average Bonchev–Trinajstić information content (AvgIpc) is 2.72. The first-order valence-corrected chi connectivity index (χ1v) is 6.89. The van der Waals surface area contributed by atoms with Crippen LogP contribution in [0.5, 0.6) is 11.5 Å². The molecule has 0 atom stereocenters. The van der Waals surface area contributed by atoms with E-state index in [-0.39, 0.29) is 0 Å². The van der Waals surface area contributed by atoms with E-state index in [2.05, 4.69) is 48.6 Å². The second kappa shape index (κ2) is 5.55. The van der Waals surface area contributed by atoms with Gasteiger partial charge in [0.15, 0.2) is 11.5 Å². The molecule has 0 aliphatic carbocycles. The average molecular weight is 269 g/mol. The van der Waals surface area contributed by atoms with E-state index in [9.17, 15) is 0 Å². The molecule has 1 heterocycles. The normalized spacial score (nSPS) is 14.1. The molecule has 3 heteroatoms. The fourth-order valence-corrected chi connectivity index (χ4v) is 2.47. The highest BCUT2D eigenvalue weighted by Gasteiger charge is 2.16. The molecular formula is C17H19NO2. The third-order valence-electron chi connectivity index (χ3n) is 3.58. The first-order chi connectivity index (χ1) is 9.78.